The molecule has 0 spiro atoms. The summed E-state index contributed by atoms with van der Waals surface area (Å²) >= 11 is 0. The molecule has 1 fully saturated rings. The summed E-state index contributed by atoms with van der Waals surface area (Å²) < 4.78 is 78.5. The number of pyridine rings is 2. The lowest BCUT2D eigenvalue weighted by Gasteiger charge is -2.21. The third kappa shape index (κ3) is 5.24. The Balaban J connectivity index is 1.89. The molecule has 206 valence electrons. The summed E-state index contributed by atoms with van der Waals surface area (Å²) in [7, 11) is 1.09. The van der Waals surface area contributed by atoms with Gasteiger partial charge in [0, 0.05) is 12.3 Å². The number of hydrogen-bond donors (Lipinski definition) is 1. The normalized spacial score (nSPS) is 16.2. The number of nitrogens with one attached hydrogen (secondary N) is 1. The minimum Gasteiger partial charge on any atom is -0.466 e. The fraction of sp³-hybridized carbons (Fsp3) is 0.292. The van der Waals surface area contributed by atoms with Crippen molar-refractivity contribution in [2.45, 2.75) is 31.7 Å². The number of methoxy groups -OCH3 is 1. The molecule has 1 aliphatic rings. The van der Waals surface area contributed by atoms with Crippen molar-refractivity contribution in [2.75, 3.05) is 18.6 Å². The number of rotatable bonds is 6. The molecule has 0 saturated carbocycles. The average molecular weight is 554 g/mol. The first kappa shape index (κ1) is 27.5. The van der Waals surface area contributed by atoms with E-state index in [0.29, 0.717) is 6.07 Å². The largest absolute Gasteiger partial charge is 0.466 e. The van der Waals surface area contributed by atoms with Crippen molar-refractivity contribution >= 4 is 34.8 Å². The van der Waals surface area contributed by atoms with Crippen LogP contribution in [0.5, 0.6) is 0 Å². The molecule has 15 heteroatoms. The monoisotopic (exact) mass is 554 g/mol. The van der Waals surface area contributed by atoms with E-state index in [9.17, 15) is 41.1 Å². The van der Waals surface area contributed by atoms with Crippen LogP contribution in [0.1, 0.15) is 23.7 Å². The van der Waals surface area contributed by atoms with E-state index < -0.39 is 71.0 Å². The van der Waals surface area contributed by atoms with Crippen LogP contribution in [0.3, 0.4) is 0 Å². The van der Waals surface area contributed by atoms with Gasteiger partial charge < -0.3 is 14.8 Å². The number of nitrogens with zero attached hydrogens (tertiary/aromatic N) is 3. The second-order valence-electron chi connectivity index (χ2n) is 8.36. The first-order valence-electron chi connectivity index (χ1n) is 11.3. The summed E-state index contributed by atoms with van der Waals surface area (Å²) in [6.45, 7) is 0.875. The van der Waals surface area contributed by atoms with Crippen molar-refractivity contribution in [1.82, 2.24) is 14.9 Å². The van der Waals surface area contributed by atoms with Crippen LogP contribution in [0.4, 0.5) is 32.6 Å². The third-order valence-corrected chi connectivity index (χ3v) is 5.91. The highest BCUT2D eigenvalue weighted by Crippen LogP contribution is 2.26. The number of ether oxygens (including phenoxy) is 2. The molecule has 0 bridgehead atoms. The van der Waals surface area contributed by atoms with E-state index in [1.165, 1.54) is 13.0 Å². The second kappa shape index (κ2) is 10.3. The lowest BCUT2D eigenvalue weighted by atomic mass is 10.1. The van der Waals surface area contributed by atoms with Crippen molar-refractivity contribution in [3.63, 3.8) is 0 Å². The van der Waals surface area contributed by atoms with Crippen molar-refractivity contribution in [2.24, 2.45) is 0 Å². The van der Waals surface area contributed by atoms with Gasteiger partial charge in [-0.3, -0.25) is 19.1 Å². The maximum absolute atomic E-state index is 14.8. The topological polar surface area (TPSA) is 120 Å². The van der Waals surface area contributed by atoms with Crippen LogP contribution in [0, 0.1) is 11.6 Å². The summed E-state index contributed by atoms with van der Waals surface area (Å²) in [6.07, 6.45) is -6.80. The standard InChI is InChI=1S/C24H19F5N4O6/c1-3-17(24(27,28)29)30-21(35)13-9-32(15-6-4-11(25)8-14(15)26)20-12(19(13)34)5-7-18(31-20)33-10-16(22(36)38-2)39-23(33)37/h4-9,16-17H,3,10H2,1-2H3,(H,30,35)/t16-,17+/m0/s1. The summed E-state index contributed by atoms with van der Waals surface area (Å²) in [4.78, 5) is 55.2. The minimum atomic E-state index is -4.80. The molecule has 1 aliphatic heterocycles. The number of cyclic esters (lactones) is 1. The highest BCUT2D eigenvalue weighted by Gasteiger charge is 2.40. The molecular weight excluding hydrogens is 535 g/mol. The van der Waals surface area contributed by atoms with E-state index in [0.717, 1.165) is 41.0 Å². The number of benzene rings is 1. The number of amides is 2. The average Bonchev–Trinajstić information content (AvgIpc) is 3.28. The zero-order chi connectivity index (χ0) is 28.6. The number of anilines is 1. The molecule has 1 saturated heterocycles. The Morgan fingerprint density at radius 3 is 2.54 bits per heavy atom. The highest BCUT2D eigenvalue weighted by atomic mass is 19.4. The summed E-state index contributed by atoms with van der Waals surface area (Å²) in [6, 6.07) is 2.38. The Morgan fingerprint density at radius 1 is 1.21 bits per heavy atom. The maximum Gasteiger partial charge on any atom is 0.416 e. The number of halogens is 5. The molecule has 4 rings (SSSR count). The van der Waals surface area contributed by atoms with Crippen molar-refractivity contribution in [3.8, 4) is 5.69 Å². The van der Waals surface area contributed by atoms with Gasteiger partial charge in [-0.2, -0.15) is 13.2 Å². The fourth-order valence-electron chi connectivity index (χ4n) is 3.92. The summed E-state index contributed by atoms with van der Waals surface area (Å²) in [5.41, 5.74) is -2.53. The van der Waals surface area contributed by atoms with Crippen molar-refractivity contribution < 1.29 is 45.8 Å². The third-order valence-electron chi connectivity index (χ3n) is 5.91. The lowest BCUT2D eigenvalue weighted by molar-refractivity contribution is -0.153. The van der Waals surface area contributed by atoms with E-state index in [4.69, 9.17) is 4.74 Å². The summed E-state index contributed by atoms with van der Waals surface area (Å²) in [5, 5.41) is 1.42. The van der Waals surface area contributed by atoms with Crippen molar-refractivity contribution in [3.05, 3.63) is 63.9 Å². The van der Waals surface area contributed by atoms with Crippen LogP contribution >= 0.6 is 0 Å². The Labute approximate surface area is 215 Å². The molecule has 0 aliphatic carbocycles. The van der Waals surface area contributed by atoms with E-state index in [1.54, 1.807) is 5.32 Å². The number of hydrogen-bond acceptors (Lipinski definition) is 7. The molecule has 0 radical (unpaired) electrons. The number of carbonyl (C=O) groups is 3. The molecule has 2 aromatic heterocycles. The SMILES string of the molecule is CC[C@@H](NC(=O)c1cn(-c2ccc(F)cc2F)c2nc(N3C[C@@H](C(=O)OC)OC3=O)ccc2c1=O)C(F)(F)F. The van der Waals surface area contributed by atoms with Gasteiger partial charge in [0.1, 0.15) is 29.1 Å². The predicted molar refractivity (Wildman–Crippen MR) is 124 cm³/mol. The van der Waals surface area contributed by atoms with Gasteiger partial charge in [0.05, 0.1) is 24.7 Å². The molecule has 0 unspecified atom stereocenters. The molecule has 39 heavy (non-hydrogen) atoms. The molecular formula is C24H19F5N4O6. The Bertz CT molecular complexity index is 1540. The van der Waals surface area contributed by atoms with Crippen molar-refractivity contribution in [1.29, 1.82) is 0 Å². The van der Waals surface area contributed by atoms with Gasteiger partial charge >= 0.3 is 18.2 Å². The number of carbonyl (C=O) groups excluding carboxylic acids is 3. The maximum atomic E-state index is 14.8. The van der Waals surface area contributed by atoms with E-state index >= 15 is 0 Å². The van der Waals surface area contributed by atoms with Gasteiger partial charge in [-0.05, 0) is 30.7 Å². The minimum absolute atomic E-state index is 0.144. The molecule has 3 heterocycles. The van der Waals surface area contributed by atoms with Crippen LogP contribution < -0.4 is 15.6 Å². The van der Waals surface area contributed by atoms with Gasteiger partial charge in [0.15, 0.2) is 5.65 Å². The van der Waals surface area contributed by atoms with Crippen LogP contribution in [0.2, 0.25) is 0 Å². The van der Waals surface area contributed by atoms with Crippen LogP contribution in [0.25, 0.3) is 16.7 Å². The molecule has 2 amide bonds. The first-order chi connectivity index (χ1) is 18.3. The Hall–Kier alpha value is -4.56. The zero-order valence-electron chi connectivity index (χ0n) is 20.2. The lowest BCUT2D eigenvalue weighted by Crippen LogP contribution is -2.46. The molecule has 3 aromatic rings. The highest BCUT2D eigenvalue weighted by molar-refractivity contribution is 5.98. The van der Waals surface area contributed by atoms with Gasteiger partial charge in [0.25, 0.3) is 5.91 Å². The van der Waals surface area contributed by atoms with Gasteiger partial charge in [-0.1, -0.05) is 6.92 Å². The van der Waals surface area contributed by atoms with Gasteiger partial charge in [-0.15, -0.1) is 0 Å². The van der Waals surface area contributed by atoms with Gasteiger partial charge in [-0.25, -0.2) is 23.4 Å². The zero-order valence-corrected chi connectivity index (χ0v) is 20.2. The summed E-state index contributed by atoms with van der Waals surface area (Å²) in [5.74, 6) is -4.45. The second-order valence-corrected chi connectivity index (χ2v) is 8.36. The quantitative estimate of drug-likeness (QED) is 0.367. The van der Waals surface area contributed by atoms with Crippen LogP contribution in [-0.4, -0.2) is 59.5 Å². The smallest absolute Gasteiger partial charge is 0.416 e. The number of fused-ring (bicyclic) bond motifs is 1. The van der Waals surface area contributed by atoms with Gasteiger partial charge in [0.2, 0.25) is 11.5 Å². The van der Waals surface area contributed by atoms with Crippen LogP contribution in [0.15, 0.2) is 41.3 Å². The molecule has 10 nitrogen and oxygen atoms in total. The molecule has 1 aromatic carbocycles. The first-order valence-corrected chi connectivity index (χ1v) is 11.3. The van der Waals surface area contributed by atoms with E-state index in [1.807, 2.05) is 0 Å². The number of alkyl halides is 3. The fourth-order valence-corrected chi connectivity index (χ4v) is 3.92. The van der Waals surface area contributed by atoms with E-state index in [2.05, 4.69) is 9.72 Å². The van der Waals surface area contributed by atoms with Crippen LogP contribution in [-0.2, 0) is 14.3 Å². The number of esters is 1. The predicted octanol–water partition coefficient (Wildman–Crippen LogP) is 3.23. The van der Waals surface area contributed by atoms with E-state index in [-0.39, 0.29) is 23.4 Å². The number of aromatic nitrogens is 2. The molecule has 2 atom stereocenters. The Morgan fingerprint density at radius 2 is 1.92 bits per heavy atom. The Kier molecular flexibility index (Phi) is 7.26. The molecule has 1 N–H and O–H groups in total.